The molecule has 1 aromatic heterocycles. The van der Waals surface area contributed by atoms with E-state index in [9.17, 15) is 4.79 Å². The van der Waals surface area contributed by atoms with Crippen molar-refractivity contribution in [1.82, 2.24) is 4.90 Å². The van der Waals surface area contributed by atoms with Crippen molar-refractivity contribution in [2.24, 2.45) is 4.99 Å². The molecule has 1 amide bonds. The first-order chi connectivity index (χ1) is 12.8. The molecular weight excluding hydrogens is 340 g/mol. The Balaban J connectivity index is 1.39. The first-order valence-corrected chi connectivity index (χ1v) is 10.3. The van der Waals surface area contributed by atoms with Gasteiger partial charge in [-0.2, -0.15) is 0 Å². The summed E-state index contributed by atoms with van der Waals surface area (Å²) in [6.07, 6.45) is 7.50. The molecule has 2 aliphatic carbocycles. The predicted octanol–water partition coefficient (Wildman–Crippen LogP) is 4.95. The topological polar surface area (TPSA) is 32.7 Å². The van der Waals surface area contributed by atoms with Gasteiger partial charge in [-0.3, -0.25) is 9.79 Å². The Morgan fingerprint density at radius 3 is 2.73 bits per heavy atom. The first kappa shape index (κ1) is 16.0. The van der Waals surface area contributed by atoms with Crippen LogP contribution < -0.4 is 0 Å². The Bertz CT molecular complexity index is 892. The van der Waals surface area contributed by atoms with Gasteiger partial charge in [0.1, 0.15) is 0 Å². The fourth-order valence-electron chi connectivity index (χ4n) is 4.17. The lowest BCUT2D eigenvalue weighted by molar-refractivity contribution is 0.0650. The summed E-state index contributed by atoms with van der Waals surface area (Å²) in [5.41, 5.74) is 5.20. The van der Waals surface area contributed by atoms with Gasteiger partial charge in [0.05, 0.1) is 11.4 Å². The standard InChI is InChI=1S/C22H22N2OS/c25-22(21-11-18(14-26-21)15-4-2-1-3-5-15)24(19-8-9-19)20-7-6-16-12-23-13-17(16)10-20/h1-5,11,13-14,19-20H,6-10,12H2. The highest BCUT2D eigenvalue weighted by Gasteiger charge is 2.39. The summed E-state index contributed by atoms with van der Waals surface area (Å²) in [4.78, 5) is 20.8. The smallest absolute Gasteiger partial charge is 0.264 e. The van der Waals surface area contributed by atoms with Gasteiger partial charge in [-0.05, 0) is 65.8 Å². The zero-order chi connectivity index (χ0) is 17.5. The van der Waals surface area contributed by atoms with Crippen LogP contribution in [0.4, 0.5) is 0 Å². The van der Waals surface area contributed by atoms with Gasteiger partial charge in [0.2, 0.25) is 0 Å². The fraction of sp³-hybridized carbons (Fsp3) is 0.364. The number of amides is 1. The summed E-state index contributed by atoms with van der Waals surface area (Å²) < 4.78 is 0. The van der Waals surface area contributed by atoms with Crippen molar-refractivity contribution in [2.45, 2.75) is 44.2 Å². The maximum absolute atomic E-state index is 13.3. The summed E-state index contributed by atoms with van der Waals surface area (Å²) in [5, 5.41) is 2.11. The van der Waals surface area contributed by atoms with Crippen LogP contribution in [0.15, 0.2) is 57.9 Å². The Kier molecular flexibility index (Phi) is 4.01. The van der Waals surface area contributed by atoms with Crippen LogP contribution in [0.2, 0.25) is 0 Å². The largest absolute Gasteiger partial charge is 0.332 e. The van der Waals surface area contributed by atoms with Crippen molar-refractivity contribution in [2.75, 3.05) is 6.54 Å². The van der Waals surface area contributed by atoms with Crippen molar-refractivity contribution in [3.8, 4) is 11.1 Å². The van der Waals surface area contributed by atoms with Gasteiger partial charge >= 0.3 is 0 Å². The van der Waals surface area contributed by atoms with Gasteiger partial charge in [-0.25, -0.2) is 0 Å². The first-order valence-electron chi connectivity index (χ1n) is 9.47. The zero-order valence-electron chi connectivity index (χ0n) is 14.7. The quantitative estimate of drug-likeness (QED) is 0.757. The van der Waals surface area contributed by atoms with Crippen molar-refractivity contribution in [3.05, 3.63) is 57.8 Å². The number of benzene rings is 1. The van der Waals surface area contributed by atoms with E-state index in [1.165, 1.54) is 16.7 Å². The second-order valence-electron chi connectivity index (χ2n) is 7.50. The fourth-order valence-corrected chi connectivity index (χ4v) is 5.03. The Labute approximate surface area is 158 Å². The average molecular weight is 362 g/mol. The van der Waals surface area contributed by atoms with Crippen molar-refractivity contribution < 1.29 is 4.79 Å². The van der Waals surface area contributed by atoms with Gasteiger partial charge in [-0.15, -0.1) is 11.3 Å². The van der Waals surface area contributed by atoms with Gasteiger partial charge in [0.25, 0.3) is 5.91 Å². The minimum atomic E-state index is 0.226. The highest BCUT2D eigenvalue weighted by molar-refractivity contribution is 7.12. The summed E-state index contributed by atoms with van der Waals surface area (Å²) >= 11 is 1.58. The van der Waals surface area contributed by atoms with E-state index >= 15 is 0 Å². The van der Waals surface area contributed by atoms with Gasteiger partial charge < -0.3 is 4.90 Å². The van der Waals surface area contributed by atoms with E-state index in [1.54, 1.807) is 11.3 Å². The van der Waals surface area contributed by atoms with E-state index < -0.39 is 0 Å². The molecule has 3 nitrogen and oxygen atoms in total. The van der Waals surface area contributed by atoms with Crippen molar-refractivity contribution >= 4 is 23.5 Å². The number of rotatable bonds is 4. The average Bonchev–Trinajstić information content (AvgIpc) is 3.20. The third-order valence-electron chi connectivity index (χ3n) is 5.70. The predicted molar refractivity (Wildman–Crippen MR) is 107 cm³/mol. The Morgan fingerprint density at radius 2 is 1.92 bits per heavy atom. The third kappa shape index (κ3) is 2.92. The van der Waals surface area contributed by atoms with Crippen LogP contribution in [-0.4, -0.2) is 35.7 Å². The van der Waals surface area contributed by atoms with E-state index in [4.69, 9.17) is 0 Å². The highest BCUT2D eigenvalue weighted by atomic mass is 32.1. The normalized spacial score (nSPS) is 21.8. The monoisotopic (exact) mass is 362 g/mol. The minimum Gasteiger partial charge on any atom is -0.332 e. The molecule has 0 spiro atoms. The lowest BCUT2D eigenvalue weighted by Crippen LogP contribution is -2.43. The number of carbonyl (C=O) groups excluding carboxylic acids is 1. The van der Waals surface area contributed by atoms with Gasteiger partial charge in [-0.1, -0.05) is 30.3 Å². The van der Waals surface area contributed by atoms with Crippen LogP contribution in [0.3, 0.4) is 0 Å². The Morgan fingerprint density at radius 1 is 1.08 bits per heavy atom. The minimum absolute atomic E-state index is 0.226. The molecule has 0 N–H and O–H groups in total. The molecule has 5 rings (SSSR count). The molecule has 1 aliphatic heterocycles. The van der Waals surface area contributed by atoms with E-state index in [1.807, 2.05) is 24.4 Å². The molecule has 0 saturated heterocycles. The second-order valence-corrected chi connectivity index (χ2v) is 8.42. The molecule has 1 saturated carbocycles. The van der Waals surface area contributed by atoms with Crippen LogP contribution >= 0.6 is 11.3 Å². The zero-order valence-corrected chi connectivity index (χ0v) is 15.5. The number of hydrogen-bond donors (Lipinski definition) is 0. The number of hydrogen-bond acceptors (Lipinski definition) is 3. The van der Waals surface area contributed by atoms with Crippen LogP contribution in [0.25, 0.3) is 11.1 Å². The molecule has 1 aromatic carbocycles. The number of aliphatic imine (C=N–C) groups is 1. The van der Waals surface area contributed by atoms with E-state index in [0.717, 1.165) is 49.1 Å². The maximum atomic E-state index is 13.3. The van der Waals surface area contributed by atoms with Gasteiger partial charge in [0, 0.05) is 18.3 Å². The number of nitrogens with zero attached hydrogens (tertiary/aromatic N) is 2. The second kappa shape index (κ2) is 6.51. The molecule has 2 heterocycles. The summed E-state index contributed by atoms with van der Waals surface area (Å²) in [7, 11) is 0. The Hall–Kier alpha value is -2.20. The maximum Gasteiger partial charge on any atom is 0.264 e. The molecule has 2 aromatic rings. The molecule has 3 aliphatic rings. The molecule has 0 radical (unpaired) electrons. The molecule has 1 unspecified atom stereocenters. The van der Waals surface area contributed by atoms with E-state index in [0.29, 0.717) is 12.1 Å². The van der Waals surface area contributed by atoms with Gasteiger partial charge in [0.15, 0.2) is 0 Å². The molecule has 0 bridgehead atoms. The SMILES string of the molecule is O=C(c1cc(-c2ccccc2)cs1)N(C1CC1)C1CCC2=C(C=NC2)C1. The van der Waals surface area contributed by atoms with Crippen LogP contribution in [0.5, 0.6) is 0 Å². The van der Waals surface area contributed by atoms with Crippen molar-refractivity contribution in [3.63, 3.8) is 0 Å². The van der Waals surface area contributed by atoms with Crippen LogP contribution in [-0.2, 0) is 0 Å². The molecular formula is C22H22N2OS. The lowest BCUT2D eigenvalue weighted by Gasteiger charge is -2.34. The number of carbonyl (C=O) groups is 1. The molecule has 132 valence electrons. The van der Waals surface area contributed by atoms with Crippen LogP contribution in [0, 0.1) is 0 Å². The van der Waals surface area contributed by atoms with E-state index in [-0.39, 0.29) is 5.91 Å². The summed E-state index contributed by atoms with van der Waals surface area (Å²) in [5.74, 6) is 0.226. The number of thiophene rings is 1. The highest BCUT2D eigenvalue weighted by Crippen LogP contribution is 2.38. The van der Waals surface area contributed by atoms with Crippen molar-refractivity contribution in [1.29, 1.82) is 0 Å². The molecule has 26 heavy (non-hydrogen) atoms. The lowest BCUT2D eigenvalue weighted by atomic mass is 9.88. The molecule has 1 fully saturated rings. The summed E-state index contributed by atoms with van der Waals surface area (Å²) in [6, 6.07) is 13.2. The molecule has 4 heteroatoms. The third-order valence-corrected chi connectivity index (χ3v) is 6.62. The summed E-state index contributed by atoms with van der Waals surface area (Å²) in [6.45, 7) is 0.880. The molecule has 1 atom stereocenters. The van der Waals surface area contributed by atoms with E-state index in [2.05, 4.69) is 33.5 Å². The van der Waals surface area contributed by atoms with Crippen LogP contribution in [0.1, 0.15) is 41.8 Å².